The molecule has 1 saturated heterocycles. The Morgan fingerprint density at radius 2 is 1.70 bits per heavy atom. The second-order valence-corrected chi connectivity index (χ2v) is 6.46. The van der Waals surface area contributed by atoms with Crippen LogP contribution in [0.2, 0.25) is 0 Å². The second-order valence-electron chi connectivity index (χ2n) is 5.60. The van der Waals surface area contributed by atoms with Gasteiger partial charge in [-0.25, -0.2) is 4.79 Å². The summed E-state index contributed by atoms with van der Waals surface area (Å²) in [5.41, 5.74) is 1.35. The molecule has 0 radical (unpaired) electrons. The van der Waals surface area contributed by atoms with Crippen LogP contribution in [0.25, 0.3) is 6.08 Å². The molecule has 2 N–H and O–H groups in total. The minimum atomic E-state index is -0.842. The standard InChI is InChI=1S/C19H15BrN2O5/c1-26-15-9-12(7-13-17(23)21-19(25)22-18(13)24)8-14(20)16(15)27-10-11-5-3-2-4-6-11/h2-9H,10H2,1H3,(H2,21,22,23,24,25). The predicted molar refractivity (Wildman–Crippen MR) is 101 cm³/mol. The minimum Gasteiger partial charge on any atom is -0.493 e. The molecule has 2 aromatic rings. The first-order valence-electron chi connectivity index (χ1n) is 7.90. The van der Waals surface area contributed by atoms with Gasteiger partial charge in [-0.3, -0.25) is 20.2 Å². The molecule has 2 aromatic carbocycles. The molecule has 0 atom stereocenters. The number of carbonyl (C=O) groups is 3. The molecule has 1 aliphatic heterocycles. The van der Waals surface area contributed by atoms with E-state index in [1.807, 2.05) is 41.0 Å². The van der Waals surface area contributed by atoms with E-state index in [2.05, 4.69) is 15.9 Å². The largest absolute Gasteiger partial charge is 0.493 e. The minimum absolute atomic E-state index is 0.179. The van der Waals surface area contributed by atoms with Crippen LogP contribution in [-0.2, 0) is 16.2 Å². The fourth-order valence-electron chi connectivity index (χ4n) is 2.47. The summed E-state index contributed by atoms with van der Waals surface area (Å²) in [5.74, 6) is -0.595. The van der Waals surface area contributed by atoms with Gasteiger partial charge in [-0.15, -0.1) is 0 Å². The summed E-state index contributed by atoms with van der Waals surface area (Å²) in [7, 11) is 1.49. The van der Waals surface area contributed by atoms with Gasteiger partial charge in [0, 0.05) is 0 Å². The number of rotatable bonds is 5. The molecule has 1 aliphatic rings. The lowest BCUT2D eigenvalue weighted by molar-refractivity contribution is -0.123. The lowest BCUT2D eigenvalue weighted by atomic mass is 10.1. The molecule has 3 rings (SSSR count). The summed E-state index contributed by atoms with van der Waals surface area (Å²) in [6.45, 7) is 0.350. The molecule has 7 nitrogen and oxygen atoms in total. The van der Waals surface area contributed by atoms with Crippen LogP contribution < -0.4 is 20.1 Å². The fraction of sp³-hybridized carbons (Fsp3) is 0.105. The smallest absolute Gasteiger partial charge is 0.328 e. The number of imide groups is 2. The van der Waals surface area contributed by atoms with E-state index in [1.165, 1.54) is 13.2 Å². The molecule has 0 unspecified atom stereocenters. The third kappa shape index (κ3) is 4.35. The average molecular weight is 431 g/mol. The van der Waals surface area contributed by atoms with Gasteiger partial charge in [0.05, 0.1) is 11.6 Å². The highest BCUT2D eigenvalue weighted by atomic mass is 79.9. The first kappa shape index (κ1) is 18.7. The van der Waals surface area contributed by atoms with E-state index in [4.69, 9.17) is 9.47 Å². The van der Waals surface area contributed by atoms with Gasteiger partial charge in [0.25, 0.3) is 11.8 Å². The number of urea groups is 1. The highest BCUT2D eigenvalue weighted by molar-refractivity contribution is 9.10. The van der Waals surface area contributed by atoms with Crippen LogP contribution in [0.3, 0.4) is 0 Å². The number of amides is 4. The van der Waals surface area contributed by atoms with Gasteiger partial charge >= 0.3 is 6.03 Å². The first-order valence-corrected chi connectivity index (χ1v) is 8.70. The van der Waals surface area contributed by atoms with E-state index in [9.17, 15) is 14.4 Å². The van der Waals surface area contributed by atoms with Crippen molar-refractivity contribution in [3.8, 4) is 11.5 Å². The Labute approximate surface area is 163 Å². The summed E-state index contributed by atoms with van der Waals surface area (Å²) in [6, 6.07) is 12.1. The highest BCUT2D eigenvalue weighted by Gasteiger charge is 2.27. The maximum atomic E-state index is 11.9. The van der Waals surface area contributed by atoms with Crippen LogP contribution in [0, 0.1) is 0 Å². The van der Waals surface area contributed by atoms with Gasteiger partial charge in [-0.2, -0.15) is 0 Å². The van der Waals surface area contributed by atoms with Gasteiger partial charge in [-0.1, -0.05) is 30.3 Å². The molecule has 138 valence electrons. The number of methoxy groups -OCH3 is 1. The summed E-state index contributed by atoms with van der Waals surface area (Å²) in [6.07, 6.45) is 1.37. The van der Waals surface area contributed by atoms with Crippen molar-refractivity contribution in [3.63, 3.8) is 0 Å². The van der Waals surface area contributed by atoms with Crippen molar-refractivity contribution in [2.75, 3.05) is 7.11 Å². The van der Waals surface area contributed by atoms with Crippen molar-refractivity contribution in [2.24, 2.45) is 0 Å². The van der Waals surface area contributed by atoms with Gasteiger partial charge in [0.15, 0.2) is 11.5 Å². The Bertz CT molecular complexity index is 919. The van der Waals surface area contributed by atoms with E-state index in [-0.39, 0.29) is 5.57 Å². The summed E-state index contributed by atoms with van der Waals surface area (Å²) < 4.78 is 11.8. The molecule has 0 saturated carbocycles. The van der Waals surface area contributed by atoms with Crippen molar-refractivity contribution >= 4 is 39.9 Å². The monoisotopic (exact) mass is 430 g/mol. The zero-order valence-electron chi connectivity index (χ0n) is 14.2. The molecule has 0 aliphatic carbocycles. The first-order chi connectivity index (χ1) is 13.0. The molecule has 4 amide bonds. The van der Waals surface area contributed by atoms with Crippen molar-refractivity contribution in [3.05, 3.63) is 63.6 Å². The van der Waals surface area contributed by atoms with Crippen LogP contribution in [-0.4, -0.2) is 25.0 Å². The molecule has 1 heterocycles. The molecule has 8 heteroatoms. The van der Waals surface area contributed by atoms with E-state index in [0.29, 0.717) is 28.1 Å². The van der Waals surface area contributed by atoms with Crippen LogP contribution in [0.1, 0.15) is 11.1 Å². The molecular formula is C19H15BrN2O5. The van der Waals surface area contributed by atoms with Crippen molar-refractivity contribution in [1.29, 1.82) is 0 Å². The highest BCUT2D eigenvalue weighted by Crippen LogP contribution is 2.37. The maximum Gasteiger partial charge on any atom is 0.328 e. The average Bonchev–Trinajstić information content (AvgIpc) is 2.64. The summed E-state index contributed by atoms with van der Waals surface area (Å²) in [5, 5.41) is 4.05. The van der Waals surface area contributed by atoms with Crippen LogP contribution in [0.15, 0.2) is 52.5 Å². The number of benzene rings is 2. The molecule has 0 spiro atoms. The molecule has 1 fully saturated rings. The number of hydrogen-bond acceptors (Lipinski definition) is 5. The Balaban J connectivity index is 1.87. The number of nitrogens with one attached hydrogen (secondary N) is 2. The van der Waals surface area contributed by atoms with E-state index >= 15 is 0 Å². The van der Waals surface area contributed by atoms with Gasteiger partial charge < -0.3 is 9.47 Å². The Kier molecular flexibility index (Phi) is 5.56. The molecule has 0 aromatic heterocycles. The Morgan fingerprint density at radius 1 is 1.04 bits per heavy atom. The fourth-order valence-corrected chi connectivity index (χ4v) is 3.04. The zero-order valence-corrected chi connectivity index (χ0v) is 15.8. The third-order valence-corrected chi connectivity index (χ3v) is 4.32. The SMILES string of the molecule is COc1cc(C=C2C(=O)NC(=O)NC2=O)cc(Br)c1OCc1ccccc1. The predicted octanol–water partition coefficient (Wildman–Crippen LogP) is 2.79. The lowest BCUT2D eigenvalue weighted by Gasteiger charge is -2.16. The zero-order chi connectivity index (χ0) is 19.4. The second kappa shape index (κ2) is 8.05. The van der Waals surface area contributed by atoms with E-state index in [0.717, 1.165) is 5.56 Å². The quantitative estimate of drug-likeness (QED) is 0.561. The van der Waals surface area contributed by atoms with Crippen molar-refractivity contribution < 1.29 is 23.9 Å². The number of hydrogen-bond donors (Lipinski definition) is 2. The third-order valence-electron chi connectivity index (χ3n) is 3.73. The van der Waals surface area contributed by atoms with Crippen molar-refractivity contribution in [1.82, 2.24) is 10.6 Å². The van der Waals surface area contributed by atoms with Gasteiger partial charge in [0.1, 0.15) is 12.2 Å². The Morgan fingerprint density at radius 3 is 2.33 bits per heavy atom. The molecule has 27 heavy (non-hydrogen) atoms. The molecular weight excluding hydrogens is 416 g/mol. The summed E-state index contributed by atoms with van der Waals surface area (Å²) in [4.78, 5) is 34.8. The van der Waals surface area contributed by atoms with Crippen molar-refractivity contribution in [2.45, 2.75) is 6.61 Å². The van der Waals surface area contributed by atoms with Gasteiger partial charge in [0.2, 0.25) is 0 Å². The van der Waals surface area contributed by atoms with E-state index in [1.54, 1.807) is 12.1 Å². The lowest BCUT2D eigenvalue weighted by Crippen LogP contribution is -2.51. The van der Waals surface area contributed by atoms with Crippen LogP contribution in [0.5, 0.6) is 11.5 Å². The number of ether oxygens (including phenoxy) is 2. The van der Waals surface area contributed by atoms with E-state index < -0.39 is 17.8 Å². The van der Waals surface area contributed by atoms with Crippen LogP contribution in [0.4, 0.5) is 4.79 Å². The maximum absolute atomic E-state index is 11.9. The number of barbiturate groups is 1. The topological polar surface area (TPSA) is 93.7 Å². The Hall–Kier alpha value is -3.13. The summed E-state index contributed by atoms with van der Waals surface area (Å²) >= 11 is 3.43. The number of carbonyl (C=O) groups excluding carboxylic acids is 3. The van der Waals surface area contributed by atoms with Crippen LogP contribution >= 0.6 is 15.9 Å². The molecule has 0 bridgehead atoms. The normalized spacial score (nSPS) is 13.7. The number of halogens is 1. The van der Waals surface area contributed by atoms with Gasteiger partial charge in [-0.05, 0) is 45.3 Å².